The van der Waals surface area contributed by atoms with Crippen LogP contribution in [-0.4, -0.2) is 0 Å². The Morgan fingerprint density at radius 1 is 1.21 bits per heavy atom. The van der Waals surface area contributed by atoms with E-state index in [0.717, 1.165) is 6.42 Å². The maximum absolute atomic E-state index is 13.1. The molecule has 2 N–H and O–H groups in total. The Bertz CT molecular complexity index is 302. The van der Waals surface area contributed by atoms with Crippen LogP contribution in [0.15, 0.2) is 12.1 Å². The lowest BCUT2D eigenvalue weighted by Crippen LogP contribution is -2.14. The van der Waals surface area contributed by atoms with Gasteiger partial charge in [-0.25, -0.2) is 13.2 Å². The lowest BCUT2D eigenvalue weighted by molar-refractivity contribution is 0.491. The first-order chi connectivity index (χ1) is 6.56. The van der Waals surface area contributed by atoms with E-state index in [1.165, 1.54) is 0 Å². The summed E-state index contributed by atoms with van der Waals surface area (Å²) in [6.45, 7) is 1.86. The van der Waals surface area contributed by atoms with Gasteiger partial charge in [-0.2, -0.15) is 0 Å². The average Bonchev–Trinajstić information content (AvgIpc) is 2.01. The van der Waals surface area contributed by atoms with Crippen molar-refractivity contribution in [2.75, 3.05) is 0 Å². The summed E-state index contributed by atoms with van der Waals surface area (Å²) < 4.78 is 38.8. The Morgan fingerprint density at radius 2 is 1.71 bits per heavy atom. The summed E-state index contributed by atoms with van der Waals surface area (Å²) in [5.41, 5.74) is 5.33. The molecule has 0 saturated heterocycles. The first kappa shape index (κ1) is 11.0. The number of rotatable bonds is 3. The van der Waals surface area contributed by atoms with Crippen LogP contribution in [0.3, 0.4) is 0 Å². The van der Waals surface area contributed by atoms with E-state index in [4.69, 9.17) is 5.73 Å². The molecule has 0 amide bonds. The standard InChI is InChI=1S/C10H12F3N/c1-2-3-9(14)10-7(12)4-6(11)5-8(10)13/h4-5,9H,2-3,14H2,1H3/t9-/m1/s1. The molecule has 0 bridgehead atoms. The van der Waals surface area contributed by atoms with Gasteiger partial charge in [0.25, 0.3) is 0 Å². The van der Waals surface area contributed by atoms with Gasteiger partial charge in [0.1, 0.15) is 17.5 Å². The molecule has 0 aliphatic carbocycles. The van der Waals surface area contributed by atoms with Crippen molar-refractivity contribution in [3.05, 3.63) is 35.1 Å². The van der Waals surface area contributed by atoms with Crippen molar-refractivity contribution in [1.82, 2.24) is 0 Å². The predicted octanol–water partition coefficient (Wildman–Crippen LogP) is 2.90. The van der Waals surface area contributed by atoms with E-state index in [2.05, 4.69) is 0 Å². The molecular weight excluding hydrogens is 191 g/mol. The molecule has 78 valence electrons. The minimum Gasteiger partial charge on any atom is -0.324 e. The van der Waals surface area contributed by atoms with Crippen LogP contribution in [0.2, 0.25) is 0 Å². The van der Waals surface area contributed by atoms with Gasteiger partial charge in [0.2, 0.25) is 0 Å². The summed E-state index contributed by atoms with van der Waals surface area (Å²) in [5, 5.41) is 0. The Balaban J connectivity index is 3.07. The molecule has 4 heteroatoms. The van der Waals surface area contributed by atoms with Gasteiger partial charge in [0.15, 0.2) is 0 Å². The Kier molecular flexibility index (Phi) is 3.52. The van der Waals surface area contributed by atoms with E-state index in [1.807, 2.05) is 6.92 Å². The highest BCUT2D eigenvalue weighted by Gasteiger charge is 2.17. The van der Waals surface area contributed by atoms with Crippen LogP contribution < -0.4 is 5.73 Å². The molecule has 0 aromatic heterocycles. The normalized spacial score (nSPS) is 12.9. The van der Waals surface area contributed by atoms with Gasteiger partial charge >= 0.3 is 0 Å². The minimum atomic E-state index is -0.924. The molecule has 0 aliphatic rings. The molecule has 0 aliphatic heterocycles. The fourth-order valence-corrected chi connectivity index (χ4v) is 1.36. The fraction of sp³-hybridized carbons (Fsp3) is 0.400. The van der Waals surface area contributed by atoms with Gasteiger partial charge < -0.3 is 5.73 Å². The second-order valence-electron chi connectivity index (χ2n) is 3.18. The third kappa shape index (κ3) is 2.26. The molecule has 0 radical (unpaired) electrons. The maximum Gasteiger partial charge on any atom is 0.133 e. The lowest BCUT2D eigenvalue weighted by Gasteiger charge is -2.12. The molecule has 1 atom stereocenters. The number of benzene rings is 1. The van der Waals surface area contributed by atoms with E-state index in [0.29, 0.717) is 18.6 Å². The highest BCUT2D eigenvalue weighted by molar-refractivity contribution is 5.23. The molecule has 0 heterocycles. The molecule has 14 heavy (non-hydrogen) atoms. The molecule has 1 aromatic rings. The average molecular weight is 203 g/mol. The van der Waals surface area contributed by atoms with Crippen molar-refractivity contribution in [2.24, 2.45) is 5.73 Å². The van der Waals surface area contributed by atoms with Gasteiger partial charge in [-0.05, 0) is 6.42 Å². The second-order valence-corrected chi connectivity index (χ2v) is 3.18. The zero-order valence-electron chi connectivity index (χ0n) is 7.86. The Hall–Kier alpha value is -1.03. The first-order valence-electron chi connectivity index (χ1n) is 4.46. The van der Waals surface area contributed by atoms with E-state index >= 15 is 0 Å². The number of halogens is 3. The molecule has 0 unspecified atom stereocenters. The third-order valence-corrected chi connectivity index (χ3v) is 2.01. The molecule has 0 fully saturated rings. The van der Waals surface area contributed by atoms with E-state index in [9.17, 15) is 13.2 Å². The number of hydrogen-bond acceptors (Lipinski definition) is 1. The highest BCUT2D eigenvalue weighted by Crippen LogP contribution is 2.23. The zero-order chi connectivity index (χ0) is 10.7. The van der Waals surface area contributed by atoms with Crippen LogP contribution in [0.5, 0.6) is 0 Å². The first-order valence-corrected chi connectivity index (χ1v) is 4.46. The van der Waals surface area contributed by atoms with E-state index in [1.54, 1.807) is 0 Å². The molecule has 1 rings (SSSR count). The predicted molar refractivity (Wildman–Crippen MR) is 48.2 cm³/mol. The molecule has 1 nitrogen and oxygen atoms in total. The van der Waals surface area contributed by atoms with Crippen molar-refractivity contribution in [1.29, 1.82) is 0 Å². The molecule has 0 saturated carbocycles. The van der Waals surface area contributed by atoms with E-state index < -0.39 is 23.5 Å². The monoisotopic (exact) mass is 203 g/mol. The van der Waals surface area contributed by atoms with Crippen molar-refractivity contribution in [3.63, 3.8) is 0 Å². The van der Waals surface area contributed by atoms with Gasteiger partial charge in [0.05, 0.1) is 0 Å². The quantitative estimate of drug-likeness (QED) is 0.803. The van der Waals surface area contributed by atoms with Crippen LogP contribution in [0, 0.1) is 17.5 Å². The summed E-state index contributed by atoms with van der Waals surface area (Å²) in [4.78, 5) is 0. The minimum absolute atomic E-state index is 0.228. The summed E-state index contributed by atoms with van der Waals surface area (Å²) in [7, 11) is 0. The van der Waals surface area contributed by atoms with Crippen molar-refractivity contribution in [3.8, 4) is 0 Å². The topological polar surface area (TPSA) is 26.0 Å². The third-order valence-electron chi connectivity index (χ3n) is 2.01. The van der Waals surface area contributed by atoms with Crippen LogP contribution in [-0.2, 0) is 0 Å². The van der Waals surface area contributed by atoms with Gasteiger partial charge in [-0.15, -0.1) is 0 Å². The van der Waals surface area contributed by atoms with Crippen molar-refractivity contribution >= 4 is 0 Å². The number of nitrogens with two attached hydrogens (primary N) is 1. The van der Waals surface area contributed by atoms with Crippen molar-refractivity contribution < 1.29 is 13.2 Å². The van der Waals surface area contributed by atoms with Crippen LogP contribution in [0.1, 0.15) is 31.4 Å². The molecular formula is C10H12F3N. The summed E-state index contributed by atoms with van der Waals surface area (Å²) >= 11 is 0. The van der Waals surface area contributed by atoms with Gasteiger partial charge in [0, 0.05) is 23.7 Å². The second kappa shape index (κ2) is 4.46. The van der Waals surface area contributed by atoms with Gasteiger partial charge in [-0.3, -0.25) is 0 Å². The molecule has 0 spiro atoms. The van der Waals surface area contributed by atoms with Gasteiger partial charge in [-0.1, -0.05) is 13.3 Å². The summed E-state index contributed by atoms with van der Waals surface area (Å²) in [6, 6.07) is 0.586. The van der Waals surface area contributed by atoms with Crippen LogP contribution >= 0.6 is 0 Å². The van der Waals surface area contributed by atoms with Crippen LogP contribution in [0.25, 0.3) is 0 Å². The van der Waals surface area contributed by atoms with E-state index in [-0.39, 0.29) is 5.56 Å². The van der Waals surface area contributed by atoms with Crippen molar-refractivity contribution in [2.45, 2.75) is 25.8 Å². The number of hydrogen-bond donors (Lipinski definition) is 1. The Labute approximate surface area is 80.7 Å². The molecule has 1 aromatic carbocycles. The highest BCUT2D eigenvalue weighted by atomic mass is 19.1. The summed E-state index contributed by atoms with van der Waals surface area (Å²) in [6.07, 6.45) is 1.19. The lowest BCUT2D eigenvalue weighted by atomic mass is 10.0. The largest absolute Gasteiger partial charge is 0.324 e. The fourth-order valence-electron chi connectivity index (χ4n) is 1.36. The zero-order valence-corrected chi connectivity index (χ0v) is 7.86. The Morgan fingerprint density at radius 3 is 2.14 bits per heavy atom. The summed E-state index contributed by atoms with van der Waals surface area (Å²) in [5.74, 6) is -2.75. The SMILES string of the molecule is CCC[C@@H](N)c1c(F)cc(F)cc1F. The van der Waals surface area contributed by atoms with Crippen LogP contribution in [0.4, 0.5) is 13.2 Å². The smallest absolute Gasteiger partial charge is 0.133 e. The maximum atomic E-state index is 13.1.